The average Bonchev–Trinajstić information content (AvgIpc) is 3.36. The first-order valence-electron chi connectivity index (χ1n) is 12.6. The fourth-order valence-corrected chi connectivity index (χ4v) is 5.76. The van der Waals surface area contributed by atoms with Crippen LogP contribution >= 0.6 is 23.4 Å². The molecular weight excluding hydrogens is 567 g/mol. The molecule has 0 aliphatic carbocycles. The maximum absolute atomic E-state index is 13.5. The normalized spacial score (nSPS) is 17.5. The highest BCUT2D eigenvalue weighted by molar-refractivity contribution is 8.18. The van der Waals surface area contributed by atoms with E-state index in [1.165, 1.54) is 28.6 Å². The third-order valence-corrected chi connectivity index (χ3v) is 7.84. The van der Waals surface area contributed by atoms with Crippen LogP contribution in [0.1, 0.15) is 30.0 Å². The number of alkyl halides is 3. The second kappa shape index (κ2) is 11.5. The van der Waals surface area contributed by atoms with E-state index in [2.05, 4.69) is 10.1 Å². The number of ether oxygens (including phenoxy) is 1. The van der Waals surface area contributed by atoms with Crippen LogP contribution in [0, 0.1) is 0 Å². The number of nitrogens with zero attached hydrogens (tertiary/aromatic N) is 5. The number of rotatable bonds is 4. The number of carbonyl (C=O) groups is 2. The van der Waals surface area contributed by atoms with E-state index in [0.29, 0.717) is 48.4 Å². The van der Waals surface area contributed by atoms with E-state index >= 15 is 0 Å². The summed E-state index contributed by atoms with van der Waals surface area (Å²) in [6.45, 7) is 4.27. The van der Waals surface area contributed by atoms with Gasteiger partial charge in [0.25, 0.3) is 5.91 Å². The molecule has 3 aromatic rings. The van der Waals surface area contributed by atoms with Gasteiger partial charge in [-0.15, -0.1) is 0 Å². The maximum Gasteiger partial charge on any atom is 0.416 e. The Morgan fingerprint density at radius 2 is 1.98 bits per heavy atom. The summed E-state index contributed by atoms with van der Waals surface area (Å²) in [6.07, 6.45) is -0.826. The summed E-state index contributed by atoms with van der Waals surface area (Å²) in [5.41, 5.74) is 0.662. The molecule has 210 valence electrons. The summed E-state index contributed by atoms with van der Waals surface area (Å²) in [7, 11) is 0. The second-order valence-corrected chi connectivity index (χ2v) is 10.7. The van der Waals surface area contributed by atoms with E-state index in [0.717, 1.165) is 23.4 Å². The SMILES string of the molecule is CCOC(=O)N1CCCN(C2=NC(=O)/C(=C/c3ccc4c(cnn4Cc4ccc(Cl)cc4C(F)(F)F)c3)S2)CC1. The van der Waals surface area contributed by atoms with Crippen LogP contribution in [0.4, 0.5) is 18.0 Å². The van der Waals surface area contributed by atoms with Gasteiger partial charge < -0.3 is 14.5 Å². The quantitative estimate of drug-likeness (QED) is 0.352. The molecule has 1 saturated heterocycles. The predicted octanol–water partition coefficient (Wildman–Crippen LogP) is 5.89. The molecule has 2 aromatic carbocycles. The standard InChI is InChI=1S/C27H25ClF3N5O3S/c1-2-39-26(38)35-9-3-8-34(10-11-35)25-33-24(37)23(40-25)13-17-4-7-22-19(12-17)15-32-36(22)16-18-5-6-20(28)14-21(18)27(29,30)31/h4-7,12-15H,2-3,8-11,16H2,1H3/b23-13-. The first-order chi connectivity index (χ1) is 19.1. The Morgan fingerprint density at radius 3 is 2.75 bits per heavy atom. The molecule has 0 radical (unpaired) electrons. The first kappa shape index (κ1) is 28.0. The molecule has 0 unspecified atom stereocenters. The lowest BCUT2D eigenvalue weighted by Crippen LogP contribution is -2.36. The molecule has 40 heavy (non-hydrogen) atoms. The molecule has 2 aliphatic heterocycles. The number of aromatic nitrogens is 2. The molecule has 0 N–H and O–H groups in total. The van der Waals surface area contributed by atoms with Crippen LogP contribution in [-0.2, 0) is 22.3 Å². The number of carbonyl (C=O) groups excluding carboxylic acids is 2. The zero-order valence-electron chi connectivity index (χ0n) is 21.4. The number of fused-ring (bicyclic) bond motifs is 1. The van der Waals surface area contributed by atoms with Crippen molar-refractivity contribution in [1.82, 2.24) is 19.6 Å². The number of aliphatic imine (C=N–C) groups is 1. The molecule has 3 heterocycles. The van der Waals surface area contributed by atoms with Gasteiger partial charge in [-0.2, -0.15) is 23.3 Å². The molecule has 0 spiro atoms. The smallest absolute Gasteiger partial charge is 0.416 e. The van der Waals surface area contributed by atoms with Gasteiger partial charge in [0.1, 0.15) is 0 Å². The Morgan fingerprint density at radius 1 is 1.15 bits per heavy atom. The second-order valence-electron chi connectivity index (χ2n) is 9.26. The zero-order valence-corrected chi connectivity index (χ0v) is 23.0. The van der Waals surface area contributed by atoms with Gasteiger partial charge in [-0.05, 0) is 66.6 Å². The van der Waals surface area contributed by atoms with Gasteiger partial charge in [-0.3, -0.25) is 9.48 Å². The predicted molar refractivity (Wildman–Crippen MR) is 148 cm³/mol. The van der Waals surface area contributed by atoms with Gasteiger partial charge in [0.2, 0.25) is 0 Å². The number of hydrogen-bond acceptors (Lipinski definition) is 6. The number of thioether (sulfide) groups is 1. The van der Waals surface area contributed by atoms with Crippen molar-refractivity contribution in [3.8, 4) is 0 Å². The van der Waals surface area contributed by atoms with Gasteiger partial charge in [-0.1, -0.05) is 23.7 Å². The van der Waals surface area contributed by atoms with Crippen molar-refractivity contribution in [3.63, 3.8) is 0 Å². The molecule has 0 bridgehead atoms. The molecule has 0 saturated carbocycles. The molecule has 13 heteroatoms. The van der Waals surface area contributed by atoms with E-state index in [9.17, 15) is 22.8 Å². The number of benzene rings is 2. The fraction of sp³-hybridized carbons (Fsp3) is 0.333. The number of amides is 2. The summed E-state index contributed by atoms with van der Waals surface area (Å²) in [5, 5.41) is 5.63. The highest BCUT2D eigenvalue weighted by Crippen LogP contribution is 2.35. The summed E-state index contributed by atoms with van der Waals surface area (Å²) in [5.74, 6) is -0.343. The monoisotopic (exact) mass is 591 g/mol. The van der Waals surface area contributed by atoms with Crippen molar-refractivity contribution in [2.45, 2.75) is 26.1 Å². The topological polar surface area (TPSA) is 80.0 Å². The minimum absolute atomic E-state index is 0.0139. The van der Waals surface area contributed by atoms with Crippen LogP contribution in [0.15, 0.2) is 52.5 Å². The summed E-state index contributed by atoms with van der Waals surface area (Å²) in [4.78, 5) is 33.1. The molecule has 0 atom stereocenters. The van der Waals surface area contributed by atoms with Gasteiger partial charge in [-0.25, -0.2) is 4.79 Å². The van der Waals surface area contributed by atoms with Gasteiger partial charge in [0.05, 0.1) is 35.3 Å². The Labute approximate surface area is 237 Å². The molecule has 5 rings (SSSR count). The minimum Gasteiger partial charge on any atom is -0.450 e. The van der Waals surface area contributed by atoms with Crippen LogP contribution in [0.25, 0.3) is 17.0 Å². The summed E-state index contributed by atoms with van der Waals surface area (Å²) >= 11 is 7.08. The van der Waals surface area contributed by atoms with Crippen molar-refractivity contribution in [1.29, 1.82) is 0 Å². The van der Waals surface area contributed by atoms with Crippen LogP contribution in [0.3, 0.4) is 0 Å². The Kier molecular flexibility index (Phi) is 8.09. The van der Waals surface area contributed by atoms with E-state index in [-0.39, 0.29) is 29.1 Å². The minimum atomic E-state index is -4.54. The third-order valence-electron chi connectivity index (χ3n) is 6.56. The number of amidine groups is 1. The van der Waals surface area contributed by atoms with Crippen LogP contribution in [-0.4, -0.2) is 69.5 Å². The molecule has 2 aliphatic rings. The molecule has 1 fully saturated rings. The van der Waals surface area contributed by atoms with Crippen molar-refractivity contribution in [2.24, 2.45) is 4.99 Å². The van der Waals surface area contributed by atoms with Gasteiger partial charge in [0, 0.05) is 36.6 Å². The van der Waals surface area contributed by atoms with Crippen LogP contribution in [0.2, 0.25) is 5.02 Å². The third kappa shape index (κ3) is 6.12. The Balaban J connectivity index is 1.29. The number of halogens is 4. The van der Waals surface area contributed by atoms with Crippen LogP contribution < -0.4 is 0 Å². The first-order valence-corrected chi connectivity index (χ1v) is 13.8. The van der Waals surface area contributed by atoms with Crippen molar-refractivity contribution in [3.05, 3.63) is 69.2 Å². The summed E-state index contributed by atoms with van der Waals surface area (Å²) < 4.78 is 47.2. The Bertz CT molecular complexity index is 1520. The lowest BCUT2D eigenvalue weighted by Gasteiger charge is -2.22. The van der Waals surface area contributed by atoms with Crippen molar-refractivity contribution >= 4 is 57.5 Å². The molecule has 2 amide bonds. The fourth-order valence-electron chi connectivity index (χ4n) is 4.62. The van der Waals surface area contributed by atoms with E-state index < -0.39 is 11.7 Å². The van der Waals surface area contributed by atoms with E-state index in [4.69, 9.17) is 16.3 Å². The molecule has 1 aromatic heterocycles. The summed E-state index contributed by atoms with van der Waals surface area (Å²) in [6, 6.07) is 9.08. The zero-order chi connectivity index (χ0) is 28.4. The highest BCUT2D eigenvalue weighted by Gasteiger charge is 2.34. The molecule has 8 nitrogen and oxygen atoms in total. The molecular formula is C27H25ClF3N5O3S. The Hall–Kier alpha value is -3.51. The van der Waals surface area contributed by atoms with Gasteiger partial charge >= 0.3 is 12.3 Å². The van der Waals surface area contributed by atoms with E-state index in [1.54, 1.807) is 36.2 Å². The van der Waals surface area contributed by atoms with Gasteiger partial charge in [0.15, 0.2) is 5.17 Å². The van der Waals surface area contributed by atoms with Crippen molar-refractivity contribution < 1.29 is 27.5 Å². The lowest BCUT2D eigenvalue weighted by molar-refractivity contribution is -0.138. The van der Waals surface area contributed by atoms with Crippen LogP contribution in [0.5, 0.6) is 0 Å². The maximum atomic E-state index is 13.5. The average molecular weight is 592 g/mol. The lowest BCUT2D eigenvalue weighted by atomic mass is 10.1. The largest absolute Gasteiger partial charge is 0.450 e. The van der Waals surface area contributed by atoms with Crippen molar-refractivity contribution in [2.75, 3.05) is 32.8 Å². The number of hydrogen-bond donors (Lipinski definition) is 0. The van der Waals surface area contributed by atoms with E-state index in [1.807, 2.05) is 11.0 Å². The highest BCUT2D eigenvalue weighted by atomic mass is 35.5.